The normalized spacial score (nSPS) is 12.1. The summed E-state index contributed by atoms with van der Waals surface area (Å²) in [4.78, 5) is 0. The van der Waals surface area contributed by atoms with Crippen LogP contribution in [0.1, 0.15) is 11.4 Å². The summed E-state index contributed by atoms with van der Waals surface area (Å²) in [5, 5.41) is 12.7. The molecule has 0 aliphatic carbocycles. The Labute approximate surface area is 64.0 Å². The van der Waals surface area contributed by atoms with Crippen molar-refractivity contribution < 1.29 is 22.7 Å². The maximum Gasteiger partial charge on any atom is 0.438 e. The van der Waals surface area contributed by atoms with E-state index < -0.39 is 30.0 Å². The van der Waals surface area contributed by atoms with Crippen LogP contribution in [0.5, 0.6) is 0 Å². The van der Waals surface area contributed by atoms with E-state index in [-0.39, 0.29) is 0 Å². The molecular weight excluding hydrogens is 180 g/mol. The molecule has 0 unspecified atom stereocenters. The Bertz CT molecular complexity index is 279. The van der Waals surface area contributed by atoms with Crippen LogP contribution in [0.4, 0.5) is 17.6 Å². The van der Waals surface area contributed by atoms with E-state index in [4.69, 9.17) is 5.11 Å². The number of aliphatic hydroxyl groups is 1. The van der Waals surface area contributed by atoms with Crippen LogP contribution >= 0.6 is 0 Å². The number of nitrogens with zero attached hydrogens (tertiary/aromatic N) is 1. The number of hydrogen-bond donors (Lipinski definition) is 2. The average Bonchev–Trinajstić information content (AvgIpc) is 2.29. The van der Waals surface area contributed by atoms with Crippen molar-refractivity contribution in [3.8, 4) is 0 Å². The molecule has 0 bridgehead atoms. The van der Waals surface area contributed by atoms with E-state index in [0.29, 0.717) is 0 Å². The van der Waals surface area contributed by atoms with Gasteiger partial charge in [0.2, 0.25) is 5.69 Å². The molecular formula is C5H4F4N2O. The zero-order chi connectivity index (χ0) is 9.35. The fraction of sp³-hybridized carbons (Fsp3) is 0.400. The van der Waals surface area contributed by atoms with E-state index in [1.54, 1.807) is 5.10 Å². The van der Waals surface area contributed by atoms with E-state index in [1.165, 1.54) is 0 Å². The van der Waals surface area contributed by atoms with Crippen LogP contribution in [0.15, 0.2) is 0 Å². The summed E-state index contributed by atoms with van der Waals surface area (Å²) >= 11 is 0. The quantitative estimate of drug-likeness (QED) is 0.641. The highest BCUT2D eigenvalue weighted by Crippen LogP contribution is 2.30. The lowest BCUT2D eigenvalue weighted by atomic mass is 10.3. The third kappa shape index (κ3) is 1.40. The van der Waals surface area contributed by atoms with Gasteiger partial charge in [0.15, 0.2) is 5.82 Å². The third-order valence-corrected chi connectivity index (χ3v) is 1.20. The highest BCUT2D eigenvalue weighted by Gasteiger charge is 2.38. The number of nitrogens with one attached hydrogen (secondary N) is 1. The van der Waals surface area contributed by atoms with Gasteiger partial charge in [-0.05, 0) is 0 Å². The molecule has 0 atom stereocenters. The van der Waals surface area contributed by atoms with Crippen LogP contribution in [0.2, 0.25) is 0 Å². The second-order valence-corrected chi connectivity index (χ2v) is 2.02. The van der Waals surface area contributed by atoms with Gasteiger partial charge in [-0.3, -0.25) is 5.10 Å². The van der Waals surface area contributed by atoms with Gasteiger partial charge in [-0.15, -0.1) is 0 Å². The van der Waals surface area contributed by atoms with Gasteiger partial charge in [0.1, 0.15) is 0 Å². The number of hydrogen-bond acceptors (Lipinski definition) is 2. The van der Waals surface area contributed by atoms with Crippen LogP contribution in [0.25, 0.3) is 0 Å². The summed E-state index contributed by atoms with van der Waals surface area (Å²) in [5.41, 5.74) is -2.20. The number of H-pyrrole nitrogens is 1. The molecule has 0 aliphatic heterocycles. The summed E-state index contributed by atoms with van der Waals surface area (Å²) in [5.74, 6) is -1.55. The summed E-state index contributed by atoms with van der Waals surface area (Å²) in [6.07, 6.45) is -4.83. The molecule has 0 fully saturated rings. The maximum absolute atomic E-state index is 12.6. The molecule has 2 N–H and O–H groups in total. The Morgan fingerprint density at radius 1 is 1.42 bits per heavy atom. The minimum atomic E-state index is -4.83. The van der Waals surface area contributed by atoms with Crippen molar-refractivity contribution in [3.05, 3.63) is 17.2 Å². The Hall–Kier alpha value is -1.11. The van der Waals surface area contributed by atoms with Crippen LogP contribution in [-0.2, 0) is 12.8 Å². The lowest BCUT2D eigenvalue weighted by molar-refractivity contribution is -0.143. The SMILES string of the molecule is OCc1[nH]nc(C(F)(F)F)c1F. The molecule has 1 rings (SSSR count). The first kappa shape index (κ1) is 8.98. The minimum absolute atomic E-state index is 0.567. The van der Waals surface area contributed by atoms with Crippen molar-refractivity contribution in [2.75, 3.05) is 0 Å². The van der Waals surface area contributed by atoms with Gasteiger partial charge in [0.05, 0.1) is 12.3 Å². The molecule has 0 saturated heterocycles. The first-order chi connectivity index (χ1) is 5.46. The third-order valence-electron chi connectivity index (χ3n) is 1.20. The van der Waals surface area contributed by atoms with Gasteiger partial charge < -0.3 is 5.11 Å². The molecule has 1 heterocycles. The summed E-state index contributed by atoms with van der Waals surface area (Å²) < 4.78 is 47.9. The second kappa shape index (κ2) is 2.74. The number of aliphatic hydroxyl groups excluding tert-OH is 1. The van der Waals surface area contributed by atoms with Crippen LogP contribution < -0.4 is 0 Å². The van der Waals surface area contributed by atoms with Crippen LogP contribution in [0.3, 0.4) is 0 Å². The first-order valence-corrected chi connectivity index (χ1v) is 2.87. The Kier molecular flexibility index (Phi) is 2.05. The number of halogens is 4. The number of rotatable bonds is 1. The molecule has 0 saturated carbocycles. The molecule has 0 amide bonds. The van der Waals surface area contributed by atoms with Gasteiger partial charge in [0, 0.05) is 0 Å². The molecule has 1 aromatic heterocycles. The van der Waals surface area contributed by atoms with Crippen molar-refractivity contribution >= 4 is 0 Å². The second-order valence-electron chi connectivity index (χ2n) is 2.02. The minimum Gasteiger partial charge on any atom is -0.390 e. The molecule has 0 aliphatic rings. The molecule has 68 valence electrons. The summed E-state index contributed by atoms with van der Waals surface area (Å²) in [6, 6.07) is 0. The van der Waals surface area contributed by atoms with Crippen LogP contribution in [0, 0.1) is 5.82 Å². The predicted octanol–water partition coefficient (Wildman–Crippen LogP) is 1.06. The van der Waals surface area contributed by atoms with Gasteiger partial charge in [-0.1, -0.05) is 0 Å². The highest BCUT2D eigenvalue weighted by atomic mass is 19.4. The number of alkyl halides is 3. The fourth-order valence-corrected chi connectivity index (χ4v) is 0.657. The number of aromatic amines is 1. The Morgan fingerprint density at radius 2 is 2.00 bits per heavy atom. The lowest BCUT2D eigenvalue weighted by Crippen LogP contribution is -2.08. The highest BCUT2D eigenvalue weighted by molar-refractivity contribution is 5.14. The molecule has 3 nitrogen and oxygen atoms in total. The molecule has 7 heteroatoms. The molecule has 0 spiro atoms. The topological polar surface area (TPSA) is 48.9 Å². The van der Waals surface area contributed by atoms with E-state index >= 15 is 0 Å². The van der Waals surface area contributed by atoms with E-state index in [9.17, 15) is 17.6 Å². The van der Waals surface area contributed by atoms with Crippen LogP contribution in [-0.4, -0.2) is 15.3 Å². The van der Waals surface area contributed by atoms with Gasteiger partial charge in [0.25, 0.3) is 0 Å². The first-order valence-electron chi connectivity index (χ1n) is 2.87. The predicted molar refractivity (Wildman–Crippen MR) is 29.5 cm³/mol. The lowest BCUT2D eigenvalue weighted by Gasteiger charge is -2.00. The van der Waals surface area contributed by atoms with Crippen molar-refractivity contribution in [1.29, 1.82) is 0 Å². The largest absolute Gasteiger partial charge is 0.438 e. The zero-order valence-corrected chi connectivity index (χ0v) is 5.61. The molecule has 0 aromatic carbocycles. The molecule has 0 radical (unpaired) electrons. The van der Waals surface area contributed by atoms with E-state index in [0.717, 1.165) is 0 Å². The standard InChI is InChI=1S/C5H4F4N2O/c6-3-2(1-12)10-11-4(3)5(7,8)9/h12H,1H2,(H,10,11). The Balaban J connectivity index is 3.11. The summed E-state index contributed by atoms with van der Waals surface area (Å²) in [7, 11) is 0. The summed E-state index contributed by atoms with van der Waals surface area (Å²) in [6.45, 7) is -0.838. The van der Waals surface area contributed by atoms with Gasteiger partial charge in [-0.2, -0.15) is 18.3 Å². The van der Waals surface area contributed by atoms with Crippen molar-refractivity contribution in [1.82, 2.24) is 10.2 Å². The number of aromatic nitrogens is 2. The van der Waals surface area contributed by atoms with Gasteiger partial charge >= 0.3 is 6.18 Å². The van der Waals surface area contributed by atoms with Crippen molar-refractivity contribution in [2.24, 2.45) is 0 Å². The smallest absolute Gasteiger partial charge is 0.390 e. The molecule has 1 aromatic rings. The monoisotopic (exact) mass is 184 g/mol. The molecule has 12 heavy (non-hydrogen) atoms. The maximum atomic E-state index is 12.6. The van der Waals surface area contributed by atoms with Gasteiger partial charge in [-0.25, -0.2) is 4.39 Å². The fourth-order valence-electron chi connectivity index (χ4n) is 0.657. The van der Waals surface area contributed by atoms with Crippen molar-refractivity contribution in [2.45, 2.75) is 12.8 Å². The average molecular weight is 184 g/mol. The van der Waals surface area contributed by atoms with E-state index in [2.05, 4.69) is 5.10 Å². The van der Waals surface area contributed by atoms with E-state index in [1.807, 2.05) is 0 Å². The zero-order valence-electron chi connectivity index (χ0n) is 5.61. The Morgan fingerprint density at radius 3 is 2.25 bits per heavy atom. The van der Waals surface area contributed by atoms with Crippen molar-refractivity contribution in [3.63, 3.8) is 0 Å².